The van der Waals surface area contributed by atoms with Crippen molar-refractivity contribution in [2.24, 2.45) is 0 Å². The molecule has 0 saturated carbocycles. The monoisotopic (exact) mass is 264 g/mol. The summed E-state index contributed by atoms with van der Waals surface area (Å²) in [6.07, 6.45) is 3.33. The molecule has 0 saturated heterocycles. The molecule has 19 heavy (non-hydrogen) atoms. The van der Waals surface area contributed by atoms with Crippen LogP contribution in [0, 0.1) is 0 Å². The van der Waals surface area contributed by atoms with Gasteiger partial charge in [0.15, 0.2) is 0 Å². The Morgan fingerprint density at radius 1 is 1.32 bits per heavy atom. The number of aliphatic hydroxyl groups excluding tert-OH is 1. The fourth-order valence-corrected chi connectivity index (χ4v) is 1.91. The number of aliphatic hydroxyl groups is 1. The average Bonchev–Trinajstić information content (AvgIpc) is 2.44. The Morgan fingerprint density at radius 2 is 2.05 bits per heavy atom. The van der Waals surface area contributed by atoms with Gasteiger partial charge in [-0.05, 0) is 31.2 Å². The number of benzene rings is 1. The maximum Gasteiger partial charge on any atom is 0.315 e. The summed E-state index contributed by atoms with van der Waals surface area (Å²) in [5.41, 5.74) is 1.29. The van der Waals surface area contributed by atoms with Crippen LogP contribution in [-0.2, 0) is 6.42 Å². The van der Waals surface area contributed by atoms with Crippen LogP contribution in [0.5, 0.6) is 0 Å². The molecule has 3 N–H and O–H groups in total. The van der Waals surface area contributed by atoms with Gasteiger partial charge in [-0.3, -0.25) is 0 Å². The predicted molar refractivity (Wildman–Crippen MR) is 77.1 cm³/mol. The van der Waals surface area contributed by atoms with E-state index < -0.39 is 0 Å². The van der Waals surface area contributed by atoms with Crippen molar-refractivity contribution < 1.29 is 9.90 Å². The number of carbonyl (C=O) groups is 1. The van der Waals surface area contributed by atoms with Crippen LogP contribution >= 0.6 is 0 Å². The summed E-state index contributed by atoms with van der Waals surface area (Å²) >= 11 is 0. The highest BCUT2D eigenvalue weighted by atomic mass is 16.3. The fourth-order valence-electron chi connectivity index (χ4n) is 1.91. The second-order valence-electron chi connectivity index (χ2n) is 4.61. The third-order valence-electron chi connectivity index (χ3n) is 3.08. The van der Waals surface area contributed by atoms with Gasteiger partial charge in [0.25, 0.3) is 0 Å². The van der Waals surface area contributed by atoms with E-state index in [9.17, 15) is 4.79 Å². The standard InChI is InChI=1S/C15H24N2O2/c1-2-14(10-12-18)17-15(19)16-11-6-9-13-7-4-3-5-8-13/h3-5,7-8,14,18H,2,6,9-12H2,1H3,(H2,16,17,19). The van der Waals surface area contributed by atoms with E-state index in [0.717, 1.165) is 19.3 Å². The molecule has 106 valence electrons. The number of hydrogen-bond acceptors (Lipinski definition) is 2. The van der Waals surface area contributed by atoms with Crippen molar-refractivity contribution in [3.63, 3.8) is 0 Å². The SMILES string of the molecule is CCC(CCO)NC(=O)NCCCc1ccccc1. The Kier molecular flexibility index (Phi) is 7.66. The molecule has 4 heteroatoms. The Bertz CT molecular complexity index is 354. The Morgan fingerprint density at radius 3 is 2.68 bits per heavy atom. The van der Waals surface area contributed by atoms with Crippen LogP contribution in [0.25, 0.3) is 0 Å². The summed E-state index contributed by atoms with van der Waals surface area (Å²) in [5, 5.41) is 14.5. The summed E-state index contributed by atoms with van der Waals surface area (Å²) in [4.78, 5) is 11.6. The lowest BCUT2D eigenvalue weighted by atomic mass is 10.1. The Labute approximate surface area is 115 Å². The lowest BCUT2D eigenvalue weighted by Crippen LogP contribution is -2.42. The summed E-state index contributed by atoms with van der Waals surface area (Å²) in [5.74, 6) is 0. The predicted octanol–water partition coefficient (Wildman–Crippen LogP) is 2.08. The van der Waals surface area contributed by atoms with Crippen LogP contribution in [-0.4, -0.2) is 30.3 Å². The molecule has 0 radical (unpaired) electrons. The first-order valence-electron chi connectivity index (χ1n) is 6.95. The quantitative estimate of drug-likeness (QED) is 0.630. The zero-order valence-corrected chi connectivity index (χ0v) is 11.6. The van der Waals surface area contributed by atoms with Crippen molar-refractivity contribution in [3.05, 3.63) is 35.9 Å². The van der Waals surface area contributed by atoms with Gasteiger partial charge in [0, 0.05) is 19.2 Å². The highest BCUT2D eigenvalue weighted by Gasteiger charge is 2.08. The Balaban J connectivity index is 2.13. The molecule has 0 aromatic heterocycles. The molecular formula is C15H24N2O2. The molecule has 1 aromatic rings. The van der Waals surface area contributed by atoms with Gasteiger partial charge in [-0.15, -0.1) is 0 Å². The molecule has 1 aromatic carbocycles. The largest absolute Gasteiger partial charge is 0.396 e. The number of nitrogens with one attached hydrogen (secondary N) is 2. The van der Waals surface area contributed by atoms with Gasteiger partial charge >= 0.3 is 6.03 Å². The molecular weight excluding hydrogens is 240 g/mol. The molecule has 0 aliphatic carbocycles. The number of amides is 2. The average molecular weight is 264 g/mol. The minimum absolute atomic E-state index is 0.0547. The minimum Gasteiger partial charge on any atom is -0.396 e. The van der Waals surface area contributed by atoms with Crippen molar-refractivity contribution in [3.8, 4) is 0 Å². The number of rotatable bonds is 8. The zero-order valence-electron chi connectivity index (χ0n) is 11.6. The van der Waals surface area contributed by atoms with Gasteiger partial charge in [-0.2, -0.15) is 0 Å². The van der Waals surface area contributed by atoms with Gasteiger partial charge in [0.05, 0.1) is 0 Å². The van der Waals surface area contributed by atoms with Gasteiger partial charge < -0.3 is 15.7 Å². The molecule has 4 nitrogen and oxygen atoms in total. The summed E-state index contributed by atoms with van der Waals surface area (Å²) in [6.45, 7) is 2.76. The van der Waals surface area contributed by atoms with Crippen molar-refractivity contribution in [1.29, 1.82) is 0 Å². The molecule has 0 fully saturated rings. The Hall–Kier alpha value is -1.55. The van der Waals surface area contributed by atoms with Gasteiger partial charge in [0.2, 0.25) is 0 Å². The van der Waals surface area contributed by atoms with Crippen molar-refractivity contribution >= 4 is 6.03 Å². The van der Waals surface area contributed by atoms with E-state index in [-0.39, 0.29) is 18.7 Å². The second kappa shape index (κ2) is 9.39. The van der Waals surface area contributed by atoms with Gasteiger partial charge in [0.1, 0.15) is 0 Å². The van der Waals surface area contributed by atoms with E-state index in [2.05, 4.69) is 22.8 Å². The molecule has 2 amide bonds. The van der Waals surface area contributed by atoms with Crippen LogP contribution in [0.1, 0.15) is 31.7 Å². The molecule has 1 atom stereocenters. The molecule has 0 aliphatic rings. The first-order chi connectivity index (χ1) is 9.26. The molecule has 1 unspecified atom stereocenters. The summed E-state index contributed by atoms with van der Waals surface area (Å²) < 4.78 is 0. The van der Waals surface area contributed by atoms with E-state index in [1.54, 1.807) is 0 Å². The van der Waals surface area contributed by atoms with Crippen LogP contribution in [0.4, 0.5) is 4.79 Å². The molecule has 1 rings (SSSR count). The number of carbonyl (C=O) groups excluding carboxylic acids is 1. The van der Waals surface area contributed by atoms with Crippen LogP contribution in [0.3, 0.4) is 0 Å². The van der Waals surface area contributed by atoms with Gasteiger partial charge in [-0.25, -0.2) is 4.79 Å². The van der Waals surface area contributed by atoms with Crippen LogP contribution in [0.15, 0.2) is 30.3 Å². The molecule has 0 spiro atoms. The second-order valence-corrected chi connectivity index (χ2v) is 4.61. The lowest BCUT2D eigenvalue weighted by molar-refractivity contribution is 0.228. The zero-order chi connectivity index (χ0) is 13.9. The minimum atomic E-state index is -0.145. The number of urea groups is 1. The maximum atomic E-state index is 11.6. The lowest BCUT2D eigenvalue weighted by Gasteiger charge is -2.16. The first kappa shape index (κ1) is 15.5. The van der Waals surface area contributed by atoms with Crippen molar-refractivity contribution in [1.82, 2.24) is 10.6 Å². The molecule has 0 aliphatic heterocycles. The smallest absolute Gasteiger partial charge is 0.315 e. The third kappa shape index (κ3) is 6.82. The van der Waals surface area contributed by atoms with E-state index in [4.69, 9.17) is 5.11 Å². The summed E-state index contributed by atoms with van der Waals surface area (Å²) in [7, 11) is 0. The van der Waals surface area contributed by atoms with E-state index in [1.165, 1.54) is 5.56 Å². The van der Waals surface area contributed by atoms with Crippen LogP contribution < -0.4 is 10.6 Å². The van der Waals surface area contributed by atoms with Crippen LogP contribution in [0.2, 0.25) is 0 Å². The van der Waals surface area contributed by atoms with E-state index in [0.29, 0.717) is 13.0 Å². The fraction of sp³-hybridized carbons (Fsp3) is 0.533. The molecule has 0 bridgehead atoms. The van der Waals surface area contributed by atoms with Crippen molar-refractivity contribution in [2.45, 2.75) is 38.6 Å². The number of hydrogen-bond donors (Lipinski definition) is 3. The highest BCUT2D eigenvalue weighted by molar-refractivity contribution is 5.74. The molecule has 0 heterocycles. The van der Waals surface area contributed by atoms with E-state index in [1.807, 2.05) is 25.1 Å². The summed E-state index contributed by atoms with van der Waals surface area (Å²) in [6, 6.07) is 10.1. The first-order valence-corrected chi connectivity index (χ1v) is 6.95. The number of aryl methyl sites for hydroxylation is 1. The topological polar surface area (TPSA) is 61.4 Å². The third-order valence-corrected chi connectivity index (χ3v) is 3.08. The maximum absolute atomic E-state index is 11.6. The van der Waals surface area contributed by atoms with Crippen molar-refractivity contribution in [2.75, 3.05) is 13.2 Å². The van der Waals surface area contributed by atoms with E-state index >= 15 is 0 Å². The van der Waals surface area contributed by atoms with Gasteiger partial charge in [-0.1, -0.05) is 37.3 Å². The highest BCUT2D eigenvalue weighted by Crippen LogP contribution is 2.01. The normalized spacial score (nSPS) is 11.9.